The first-order valence-electron chi connectivity index (χ1n) is 3.39. The molecule has 1 rings (SSSR count). The third kappa shape index (κ3) is 2.27. The molecule has 0 aliphatic carbocycles. The van der Waals surface area contributed by atoms with Gasteiger partial charge in [0.15, 0.2) is 0 Å². The molecular weight excluding hydrogens is 206 g/mol. The van der Waals surface area contributed by atoms with Crippen molar-refractivity contribution in [2.24, 2.45) is 0 Å². The number of hydrogen-bond donors (Lipinski definition) is 1. The lowest BCUT2D eigenvalue weighted by atomic mass is 10.2. The number of nitrogens with zero attached hydrogens (tertiary/aromatic N) is 1. The lowest BCUT2D eigenvalue weighted by Crippen LogP contribution is -1.94. The van der Waals surface area contributed by atoms with Crippen LogP contribution >= 0.6 is 15.9 Å². The highest BCUT2D eigenvalue weighted by Crippen LogP contribution is 2.07. The SMILES string of the molecule is Cc1cc(CO)nc(CBr)c1. The van der Waals surface area contributed by atoms with Crippen molar-refractivity contribution >= 4 is 15.9 Å². The van der Waals surface area contributed by atoms with Gasteiger partial charge in [0.2, 0.25) is 0 Å². The van der Waals surface area contributed by atoms with Gasteiger partial charge in [-0.25, -0.2) is 0 Å². The second-order valence-corrected chi connectivity index (χ2v) is 2.98. The van der Waals surface area contributed by atoms with Crippen LogP contribution in [0.1, 0.15) is 17.0 Å². The molecule has 60 valence electrons. The predicted octanol–water partition coefficient (Wildman–Crippen LogP) is 1.78. The Morgan fingerprint density at radius 2 is 2.09 bits per heavy atom. The van der Waals surface area contributed by atoms with Crippen LogP contribution in [0.25, 0.3) is 0 Å². The summed E-state index contributed by atoms with van der Waals surface area (Å²) in [6.07, 6.45) is 0. The Morgan fingerprint density at radius 1 is 1.45 bits per heavy atom. The first-order valence-corrected chi connectivity index (χ1v) is 4.51. The highest BCUT2D eigenvalue weighted by Gasteiger charge is 1.97. The number of aliphatic hydroxyl groups excluding tert-OH is 1. The summed E-state index contributed by atoms with van der Waals surface area (Å²) in [4.78, 5) is 4.17. The van der Waals surface area contributed by atoms with E-state index in [0.29, 0.717) is 0 Å². The van der Waals surface area contributed by atoms with E-state index < -0.39 is 0 Å². The molecule has 1 aromatic heterocycles. The van der Waals surface area contributed by atoms with Crippen molar-refractivity contribution < 1.29 is 5.11 Å². The standard InChI is InChI=1S/C8H10BrNO/c1-6-2-7(4-9)10-8(3-6)5-11/h2-3,11H,4-5H2,1H3. The number of pyridine rings is 1. The summed E-state index contributed by atoms with van der Waals surface area (Å²) in [5, 5.41) is 9.54. The van der Waals surface area contributed by atoms with E-state index in [-0.39, 0.29) is 6.61 Å². The molecule has 0 spiro atoms. The van der Waals surface area contributed by atoms with E-state index in [1.165, 1.54) is 0 Å². The molecule has 1 aromatic rings. The molecule has 0 saturated carbocycles. The Kier molecular flexibility index (Phi) is 3.02. The van der Waals surface area contributed by atoms with Gasteiger partial charge in [-0.15, -0.1) is 0 Å². The molecule has 0 atom stereocenters. The van der Waals surface area contributed by atoms with Gasteiger partial charge in [-0.3, -0.25) is 4.98 Å². The third-order valence-electron chi connectivity index (χ3n) is 1.37. The van der Waals surface area contributed by atoms with Gasteiger partial charge < -0.3 is 5.11 Å². The Morgan fingerprint density at radius 3 is 2.64 bits per heavy atom. The van der Waals surface area contributed by atoms with Crippen LogP contribution in [-0.4, -0.2) is 10.1 Å². The fraction of sp³-hybridized carbons (Fsp3) is 0.375. The number of aromatic nitrogens is 1. The highest BCUT2D eigenvalue weighted by molar-refractivity contribution is 9.08. The minimum absolute atomic E-state index is 0.0156. The van der Waals surface area contributed by atoms with E-state index in [1.54, 1.807) is 0 Å². The number of rotatable bonds is 2. The van der Waals surface area contributed by atoms with E-state index in [4.69, 9.17) is 5.11 Å². The second-order valence-electron chi connectivity index (χ2n) is 2.42. The molecular formula is C8H10BrNO. The molecule has 0 bridgehead atoms. The minimum atomic E-state index is 0.0156. The molecule has 2 nitrogen and oxygen atoms in total. The molecule has 0 saturated heterocycles. The molecule has 11 heavy (non-hydrogen) atoms. The smallest absolute Gasteiger partial charge is 0.0853 e. The summed E-state index contributed by atoms with van der Waals surface area (Å²) in [6, 6.07) is 3.88. The maximum Gasteiger partial charge on any atom is 0.0853 e. The van der Waals surface area contributed by atoms with E-state index in [2.05, 4.69) is 20.9 Å². The molecule has 0 aliphatic rings. The molecule has 0 radical (unpaired) electrons. The van der Waals surface area contributed by atoms with Crippen molar-refractivity contribution in [2.75, 3.05) is 0 Å². The lowest BCUT2D eigenvalue weighted by molar-refractivity contribution is 0.276. The summed E-state index contributed by atoms with van der Waals surface area (Å²) in [5.74, 6) is 0. The van der Waals surface area contributed by atoms with E-state index in [1.807, 2.05) is 19.1 Å². The first-order chi connectivity index (χ1) is 5.26. The van der Waals surface area contributed by atoms with Gasteiger partial charge in [0, 0.05) is 5.33 Å². The van der Waals surface area contributed by atoms with Crippen LogP contribution in [0.2, 0.25) is 0 Å². The third-order valence-corrected chi connectivity index (χ3v) is 1.95. The van der Waals surface area contributed by atoms with Crippen LogP contribution in [0, 0.1) is 6.92 Å². The van der Waals surface area contributed by atoms with Gasteiger partial charge in [0.1, 0.15) is 0 Å². The molecule has 0 unspecified atom stereocenters. The average molecular weight is 216 g/mol. The van der Waals surface area contributed by atoms with Crippen LogP contribution < -0.4 is 0 Å². The van der Waals surface area contributed by atoms with Crippen molar-refractivity contribution in [3.05, 3.63) is 29.1 Å². The molecule has 1 N–H and O–H groups in total. The Labute approximate surface area is 74.4 Å². The first kappa shape index (κ1) is 8.68. The average Bonchev–Trinajstić information content (AvgIpc) is 2.03. The normalized spacial score (nSPS) is 10.1. The van der Waals surface area contributed by atoms with Crippen LogP contribution in [0.3, 0.4) is 0 Å². The van der Waals surface area contributed by atoms with Crippen molar-refractivity contribution in [3.63, 3.8) is 0 Å². The van der Waals surface area contributed by atoms with Gasteiger partial charge >= 0.3 is 0 Å². The van der Waals surface area contributed by atoms with Gasteiger partial charge in [0.25, 0.3) is 0 Å². The zero-order valence-electron chi connectivity index (χ0n) is 6.34. The van der Waals surface area contributed by atoms with E-state index in [9.17, 15) is 0 Å². The number of aryl methyl sites for hydroxylation is 1. The summed E-state index contributed by atoms with van der Waals surface area (Å²) in [6.45, 7) is 2.01. The van der Waals surface area contributed by atoms with E-state index >= 15 is 0 Å². The Bertz CT molecular complexity index is 228. The van der Waals surface area contributed by atoms with Crippen molar-refractivity contribution in [1.82, 2.24) is 4.98 Å². The van der Waals surface area contributed by atoms with Crippen LogP contribution in [0.4, 0.5) is 0 Å². The van der Waals surface area contributed by atoms with Crippen molar-refractivity contribution in [2.45, 2.75) is 18.9 Å². The van der Waals surface area contributed by atoms with Crippen LogP contribution in [0.5, 0.6) is 0 Å². The minimum Gasteiger partial charge on any atom is -0.390 e. The second kappa shape index (κ2) is 3.83. The topological polar surface area (TPSA) is 33.1 Å². The largest absolute Gasteiger partial charge is 0.390 e. The van der Waals surface area contributed by atoms with E-state index in [0.717, 1.165) is 22.3 Å². The summed E-state index contributed by atoms with van der Waals surface area (Å²) in [5.41, 5.74) is 2.84. The number of alkyl halides is 1. The molecule has 0 fully saturated rings. The Balaban J connectivity index is 3.02. The summed E-state index contributed by atoms with van der Waals surface area (Å²) >= 11 is 3.31. The number of halogens is 1. The molecule has 1 heterocycles. The van der Waals surface area contributed by atoms with Gasteiger partial charge in [-0.05, 0) is 24.6 Å². The lowest BCUT2D eigenvalue weighted by Gasteiger charge is -2.00. The monoisotopic (exact) mass is 215 g/mol. The molecule has 3 heteroatoms. The zero-order valence-corrected chi connectivity index (χ0v) is 7.93. The fourth-order valence-electron chi connectivity index (χ4n) is 0.966. The van der Waals surface area contributed by atoms with Crippen LogP contribution in [-0.2, 0) is 11.9 Å². The van der Waals surface area contributed by atoms with Crippen LogP contribution in [0.15, 0.2) is 12.1 Å². The Hall–Kier alpha value is -0.410. The van der Waals surface area contributed by atoms with Crippen molar-refractivity contribution in [1.29, 1.82) is 0 Å². The summed E-state index contributed by atoms with van der Waals surface area (Å²) < 4.78 is 0. The number of hydrogen-bond acceptors (Lipinski definition) is 2. The van der Waals surface area contributed by atoms with Crippen molar-refractivity contribution in [3.8, 4) is 0 Å². The molecule has 0 aromatic carbocycles. The zero-order chi connectivity index (χ0) is 8.27. The quantitative estimate of drug-likeness (QED) is 0.764. The molecule has 0 amide bonds. The van der Waals surface area contributed by atoms with Gasteiger partial charge in [-0.1, -0.05) is 15.9 Å². The maximum absolute atomic E-state index is 8.80. The predicted molar refractivity (Wildman–Crippen MR) is 47.5 cm³/mol. The fourth-order valence-corrected chi connectivity index (χ4v) is 1.25. The highest BCUT2D eigenvalue weighted by atomic mass is 79.9. The summed E-state index contributed by atoms with van der Waals surface area (Å²) in [7, 11) is 0. The maximum atomic E-state index is 8.80. The molecule has 0 aliphatic heterocycles. The number of aliphatic hydroxyl groups is 1. The van der Waals surface area contributed by atoms with Gasteiger partial charge in [0.05, 0.1) is 18.0 Å². The van der Waals surface area contributed by atoms with Gasteiger partial charge in [-0.2, -0.15) is 0 Å².